The Morgan fingerprint density at radius 2 is 1.96 bits per heavy atom. The topological polar surface area (TPSA) is 68.1 Å². The van der Waals surface area contributed by atoms with Crippen LogP contribution in [0.4, 0.5) is 0 Å². The Labute approximate surface area is 142 Å². The molecule has 0 radical (unpaired) electrons. The highest BCUT2D eigenvalue weighted by Crippen LogP contribution is 2.39. The van der Waals surface area contributed by atoms with E-state index in [0.717, 1.165) is 23.2 Å². The van der Waals surface area contributed by atoms with Crippen LogP contribution in [0.2, 0.25) is 0 Å². The van der Waals surface area contributed by atoms with Gasteiger partial charge in [0.15, 0.2) is 0 Å². The number of benzene rings is 1. The molecule has 128 valence electrons. The minimum atomic E-state index is -3.45. The third-order valence-electron chi connectivity index (χ3n) is 4.97. The van der Waals surface area contributed by atoms with Crippen molar-refractivity contribution in [2.24, 2.45) is 0 Å². The molecule has 1 aromatic heterocycles. The minimum absolute atomic E-state index is 0.0746. The van der Waals surface area contributed by atoms with Gasteiger partial charge in [-0.2, -0.15) is 4.31 Å². The largest absolute Gasteiger partial charge is 0.248 e. The van der Waals surface area contributed by atoms with Crippen molar-refractivity contribution >= 4 is 10.0 Å². The molecule has 6 nitrogen and oxygen atoms in total. The Kier molecular flexibility index (Phi) is 3.73. The van der Waals surface area contributed by atoms with Crippen molar-refractivity contribution in [3.63, 3.8) is 0 Å². The van der Waals surface area contributed by atoms with Gasteiger partial charge in [0.1, 0.15) is 0 Å². The van der Waals surface area contributed by atoms with E-state index in [4.69, 9.17) is 0 Å². The summed E-state index contributed by atoms with van der Waals surface area (Å²) in [6.07, 6.45) is 5.15. The molecule has 1 aliphatic carbocycles. The normalized spacial score (nSPS) is 22.2. The molecule has 0 spiro atoms. The molecular weight excluding hydrogens is 324 g/mol. The fourth-order valence-electron chi connectivity index (χ4n) is 3.41. The van der Waals surface area contributed by atoms with Crippen LogP contribution in [0, 0.1) is 13.8 Å². The van der Waals surface area contributed by atoms with Crippen LogP contribution < -0.4 is 0 Å². The van der Waals surface area contributed by atoms with E-state index in [2.05, 4.69) is 10.3 Å². The van der Waals surface area contributed by atoms with Gasteiger partial charge in [0, 0.05) is 25.2 Å². The highest BCUT2D eigenvalue weighted by Gasteiger charge is 2.35. The van der Waals surface area contributed by atoms with Crippen molar-refractivity contribution in [1.29, 1.82) is 0 Å². The Morgan fingerprint density at radius 3 is 2.67 bits per heavy atom. The van der Waals surface area contributed by atoms with Gasteiger partial charge >= 0.3 is 0 Å². The molecule has 0 N–H and O–H groups in total. The smallest absolute Gasteiger partial charge is 0.243 e. The Bertz CT molecular complexity index is 870. The molecule has 2 heterocycles. The van der Waals surface area contributed by atoms with Crippen LogP contribution in [-0.4, -0.2) is 40.8 Å². The molecule has 1 atom stereocenters. The zero-order valence-electron chi connectivity index (χ0n) is 14.0. The molecule has 7 heteroatoms. The van der Waals surface area contributed by atoms with Crippen molar-refractivity contribution in [2.75, 3.05) is 13.1 Å². The number of aryl methyl sites for hydroxylation is 2. The number of hydrogen-bond acceptors (Lipinski definition) is 4. The van der Waals surface area contributed by atoms with Crippen molar-refractivity contribution in [3.8, 4) is 0 Å². The van der Waals surface area contributed by atoms with Gasteiger partial charge in [-0.05, 0) is 44.7 Å². The van der Waals surface area contributed by atoms with Crippen LogP contribution in [0.15, 0.2) is 29.3 Å². The van der Waals surface area contributed by atoms with Gasteiger partial charge in [0.05, 0.1) is 16.6 Å². The SMILES string of the molecule is Cc1ccc(S(=O)(=O)N2CCC(n3cc(C4CC4)nn3)C2)c(C)c1. The Morgan fingerprint density at radius 1 is 1.17 bits per heavy atom. The lowest BCUT2D eigenvalue weighted by Gasteiger charge is -2.18. The fraction of sp³-hybridized carbons (Fsp3) is 0.529. The molecule has 1 aromatic carbocycles. The van der Waals surface area contributed by atoms with Gasteiger partial charge in [-0.25, -0.2) is 13.1 Å². The van der Waals surface area contributed by atoms with Crippen LogP contribution in [0.25, 0.3) is 0 Å². The predicted molar refractivity (Wildman–Crippen MR) is 90.3 cm³/mol. The van der Waals surface area contributed by atoms with Gasteiger partial charge in [-0.1, -0.05) is 22.9 Å². The summed E-state index contributed by atoms with van der Waals surface area (Å²) in [5, 5.41) is 8.46. The van der Waals surface area contributed by atoms with E-state index in [9.17, 15) is 8.42 Å². The van der Waals surface area contributed by atoms with Crippen LogP contribution >= 0.6 is 0 Å². The summed E-state index contributed by atoms with van der Waals surface area (Å²) >= 11 is 0. The predicted octanol–water partition coefficient (Wildman–Crippen LogP) is 2.41. The van der Waals surface area contributed by atoms with E-state index in [1.54, 1.807) is 10.4 Å². The quantitative estimate of drug-likeness (QED) is 0.852. The van der Waals surface area contributed by atoms with Gasteiger partial charge in [0.25, 0.3) is 0 Å². The summed E-state index contributed by atoms with van der Waals surface area (Å²) in [6, 6.07) is 5.56. The van der Waals surface area contributed by atoms with Gasteiger partial charge in [0.2, 0.25) is 10.0 Å². The first-order valence-corrected chi connectivity index (χ1v) is 9.88. The first-order valence-electron chi connectivity index (χ1n) is 8.44. The van der Waals surface area contributed by atoms with Crippen LogP contribution in [-0.2, 0) is 10.0 Å². The van der Waals surface area contributed by atoms with E-state index >= 15 is 0 Å². The maximum atomic E-state index is 12.9. The zero-order valence-corrected chi connectivity index (χ0v) is 14.8. The number of aromatic nitrogens is 3. The minimum Gasteiger partial charge on any atom is -0.248 e. The summed E-state index contributed by atoms with van der Waals surface area (Å²) in [4.78, 5) is 0.408. The molecule has 1 saturated heterocycles. The molecule has 1 saturated carbocycles. The van der Waals surface area contributed by atoms with E-state index < -0.39 is 10.0 Å². The van der Waals surface area contributed by atoms with Gasteiger partial charge < -0.3 is 0 Å². The lowest BCUT2D eigenvalue weighted by Crippen LogP contribution is -2.30. The molecule has 2 fully saturated rings. The number of nitrogens with zero attached hydrogens (tertiary/aromatic N) is 4. The van der Waals surface area contributed by atoms with Gasteiger partial charge in [-0.15, -0.1) is 5.10 Å². The monoisotopic (exact) mass is 346 g/mol. The molecule has 0 amide bonds. The second-order valence-electron chi connectivity index (χ2n) is 6.97. The number of hydrogen-bond donors (Lipinski definition) is 0. The highest BCUT2D eigenvalue weighted by atomic mass is 32.2. The summed E-state index contributed by atoms with van der Waals surface area (Å²) in [5.41, 5.74) is 2.92. The second kappa shape index (κ2) is 5.67. The first kappa shape index (κ1) is 15.8. The maximum absolute atomic E-state index is 12.9. The van der Waals surface area contributed by atoms with E-state index in [-0.39, 0.29) is 6.04 Å². The zero-order chi connectivity index (χ0) is 16.9. The standard InChI is InChI=1S/C17H22N4O2S/c1-12-3-6-17(13(2)9-12)24(22,23)20-8-7-15(10-20)21-11-16(18-19-21)14-4-5-14/h3,6,9,11,14-15H,4-5,7-8,10H2,1-2H3. The average Bonchev–Trinajstić information content (AvgIpc) is 3.07. The number of sulfonamides is 1. The third-order valence-corrected chi connectivity index (χ3v) is 7.00. The average molecular weight is 346 g/mol. The summed E-state index contributed by atoms with van der Waals surface area (Å²) in [7, 11) is -3.45. The third kappa shape index (κ3) is 2.75. The second-order valence-corrected chi connectivity index (χ2v) is 8.88. The highest BCUT2D eigenvalue weighted by molar-refractivity contribution is 7.89. The van der Waals surface area contributed by atoms with E-state index in [1.165, 1.54) is 12.8 Å². The van der Waals surface area contributed by atoms with Crippen LogP contribution in [0.1, 0.15) is 48.0 Å². The van der Waals surface area contributed by atoms with Crippen molar-refractivity contribution in [3.05, 3.63) is 41.2 Å². The van der Waals surface area contributed by atoms with Crippen LogP contribution in [0.3, 0.4) is 0 Å². The molecule has 2 aliphatic rings. The molecular formula is C17H22N4O2S. The fourth-order valence-corrected chi connectivity index (χ4v) is 5.11. The van der Waals surface area contributed by atoms with Gasteiger partial charge in [-0.3, -0.25) is 0 Å². The van der Waals surface area contributed by atoms with E-state index in [0.29, 0.717) is 23.9 Å². The lowest BCUT2D eigenvalue weighted by atomic mass is 10.2. The first-order chi connectivity index (χ1) is 11.4. The molecule has 2 aromatic rings. The summed E-state index contributed by atoms with van der Waals surface area (Å²) in [6.45, 7) is 4.81. The van der Waals surface area contributed by atoms with Crippen LogP contribution in [0.5, 0.6) is 0 Å². The number of rotatable bonds is 4. The Balaban J connectivity index is 1.54. The van der Waals surface area contributed by atoms with E-state index in [1.807, 2.05) is 36.9 Å². The summed E-state index contributed by atoms with van der Waals surface area (Å²) in [5.74, 6) is 0.565. The lowest BCUT2D eigenvalue weighted by molar-refractivity contribution is 0.428. The molecule has 24 heavy (non-hydrogen) atoms. The Hall–Kier alpha value is -1.73. The molecule has 1 unspecified atom stereocenters. The van der Waals surface area contributed by atoms with Crippen molar-refractivity contribution in [1.82, 2.24) is 19.3 Å². The van der Waals surface area contributed by atoms with Crippen molar-refractivity contribution in [2.45, 2.75) is 50.0 Å². The van der Waals surface area contributed by atoms with Crippen molar-refractivity contribution < 1.29 is 8.42 Å². The molecule has 1 aliphatic heterocycles. The molecule has 4 rings (SSSR count). The summed E-state index contributed by atoms with van der Waals surface area (Å²) < 4.78 is 29.3. The molecule has 0 bridgehead atoms. The maximum Gasteiger partial charge on any atom is 0.243 e.